The molecule has 0 spiro atoms. The highest BCUT2D eigenvalue weighted by Gasteiger charge is 2.36. The number of carbonyl (C=O) groups is 3. The second kappa shape index (κ2) is 9.06. The summed E-state index contributed by atoms with van der Waals surface area (Å²) in [6.07, 6.45) is 1.76. The maximum Gasteiger partial charge on any atom is 0.326 e. The number of rotatable bonds is 8. The molecule has 0 radical (unpaired) electrons. The van der Waals surface area contributed by atoms with Gasteiger partial charge in [-0.2, -0.15) is 0 Å². The summed E-state index contributed by atoms with van der Waals surface area (Å²) >= 11 is 0. The molecule has 1 aliphatic rings. The van der Waals surface area contributed by atoms with Crippen LogP contribution < -0.4 is 22.5 Å². The standard InChI is InChI=1S/C14H26N6O4/c1-8(15)12(22)20-7-3-5-10(20)11(21)19-9(13(23)24)4-2-6-18-14(16)17/h8-10H,2-7,15H2,1H3,(H,19,21)(H,23,24)(H4,16,17,18). The predicted molar refractivity (Wildman–Crippen MR) is 87.9 cm³/mol. The third-order valence-electron chi connectivity index (χ3n) is 3.79. The smallest absolute Gasteiger partial charge is 0.326 e. The summed E-state index contributed by atoms with van der Waals surface area (Å²) in [5.41, 5.74) is 16.0. The summed E-state index contributed by atoms with van der Waals surface area (Å²) in [5.74, 6) is -2.00. The lowest BCUT2D eigenvalue weighted by molar-refractivity contribution is -0.144. The van der Waals surface area contributed by atoms with E-state index in [-0.39, 0.29) is 24.8 Å². The lowest BCUT2D eigenvalue weighted by atomic mass is 10.1. The largest absolute Gasteiger partial charge is 0.480 e. The Bertz CT molecular complexity index is 503. The van der Waals surface area contributed by atoms with Crippen LogP contribution in [0.2, 0.25) is 0 Å². The van der Waals surface area contributed by atoms with E-state index in [9.17, 15) is 19.5 Å². The van der Waals surface area contributed by atoms with Gasteiger partial charge < -0.3 is 32.5 Å². The molecule has 0 aromatic rings. The zero-order chi connectivity index (χ0) is 18.3. The Kier molecular flexibility index (Phi) is 7.43. The van der Waals surface area contributed by atoms with E-state index < -0.39 is 30.0 Å². The first-order valence-electron chi connectivity index (χ1n) is 7.88. The quantitative estimate of drug-likeness (QED) is 0.191. The lowest BCUT2D eigenvalue weighted by Crippen LogP contribution is -2.53. The molecule has 3 atom stereocenters. The van der Waals surface area contributed by atoms with Crippen molar-refractivity contribution in [2.24, 2.45) is 22.2 Å². The minimum absolute atomic E-state index is 0.0677. The van der Waals surface area contributed by atoms with Crippen molar-refractivity contribution < 1.29 is 19.5 Å². The van der Waals surface area contributed by atoms with Crippen LogP contribution in [0.5, 0.6) is 0 Å². The van der Waals surface area contributed by atoms with Crippen molar-refractivity contribution >= 4 is 23.7 Å². The van der Waals surface area contributed by atoms with Crippen LogP contribution in [-0.2, 0) is 14.4 Å². The van der Waals surface area contributed by atoms with Gasteiger partial charge in [0.2, 0.25) is 11.8 Å². The molecule has 10 heteroatoms. The molecule has 136 valence electrons. The van der Waals surface area contributed by atoms with Crippen LogP contribution in [-0.4, -0.2) is 65.0 Å². The zero-order valence-electron chi connectivity index (χ0n) is 13.8. The fourth-order valence-corrected chi connectivity index (χ4v) is 2.59. The van der Waals surface area contributed by atoms with E-state index in [1.807, 2.05) is 0 Å². The number of hydrogen-bond donors (Lipinski definition) is 5. The monoisotopic (exact) mass is 342 g/mol. The minimum atomic E-state index is -1.14. The van der Waals surface area contributed by atoms with E-state index >= 15 is 0 Å². The number of hydrogen-bond acceptors (Lipinski definition) is 5. The topological polar surface area (TPSA) is 177 Å². The van der Waals surface area contributed by atoms with Crippen LogP contribution in [0.25, 0.3) is 0 Å². The van der Waals surface area contributed by atoms with Gasteiger partial charge in [0.15, 0.2) is 5.96 Å². The Hall–Kier alpha value is -2.36. The second-order valence-electron chi connectivity index (χ2n) is 5.83. The molecule has 0 aromatic heterocycles. The van der Waals surface area contributed by atoms with Crippen molar-refractivity contribution in [3.05, 3.63) is 0 Å². The van der Waals surface area contributed by atoms with Crippen molar-refractivity contribution in [1.29, 1.82) is 0 Å². The van der Waals surface area contributed by atoms with Gasteiger partial charge in [-0.25, -0.2) is 4.79 Å². The molecule has 0 bridgehead atoms. The number of likely N-dealkylation sites (tertiary alicyclic amines) is 1. The third kappa shape index (κ3) is 5.69. The normalized spacial score (nSPS) is 19.4. The highest BCUT2D eigenvalue weighted by Crippen LogP contribution is 2.18. The van der Waals surface area contributed by atoms with Crippen LogP contribution in [0.15, 0.2) is 4.99 Å². The van der Waals surface area contributed by atoms with Crippen molar-refractivity contribution in [2.75, 3.05) is 13.1 Å². The van der Waals surface area contributed by atoms with E-state index in [0.717, 1.165) is 0 Å². The Morgan fingerprint density at radius 1 is 1.38 bits per heavy atom. The molecule has 1 aliphatic heterocycles. The van der Waals surface area contributed by atoms with Crippen molar-refractivity contribution in [3.63, 3.8) is 0 Å². The number of carbonyl (C=O) groups excluding carboxylic acids is 2. The van der Waals surface area contributed by atoms with Crippen molar-refractivity contribution in [2.45, 2.75) is 50.7 Å². The molecule has 1 heterocycles. The van der Waals surface area contributed by atoms with Crippen LogP contribution in [0.1, 0.15) is 32.6 Å². The number of aliphatic carboxylic acids is 1. The number of nitrogens with two attached hydrogens (primary N) is 3. The van der Waals surface area contributed by atoms with Gasteiger partial charge >= 0.3 is 5.97 Å². The van der Waals surface area contributed by atoms with Gasteiger partial charge in [0, 0.05) is 13.1 Å². The van der Waals surface area contributed by atoms with E-state index in [1.54, 1.807) is 6.92 Å². The molecule has 1 saturated heterocycles. The maximum atomic E-state index is 12.4. The molecule has 0 aliphatic carbocycles. The van der Waals surface area contributed by atoms with Gasteiger partial charge in [-0.05, 0) is 32.6 Å². The molecule has 1 fully saturated rings. The first kappa shape index (κ1) is 19.7. The first-order chi connectivity index (χ1) is 11.2. The SMILES string of the molecule is CC(N)C(=O)N1CCCC1C(=O)NC(CCCN=C(N)N)C(=O)O. The fourth-order valence-electron chi connectivity index (χ4n) is 2.59. The molecule has 10 nitrogen and oxygen atoms in total. The molecule has 8 N–H and O–H groups in total. The van der Waals surface area contributed by atoms with Crippen molar-refractivity contribution in [1.82, 2.24) is 10.2 Å². The Labute approximate surface area is 140 Å². The Morgan fingerprint density at radius 3 is 2.58 bits per heavy atom. The number of guanidine groups is 1. The predicted octanol–water partition coefficient (Wildman–Crippen LogP) is -2.05. The van der Waals surface area contributed by atoms with Gasteiger partial charge in [-0.15, -0.1) is 0 Å². The molecule has 2 amide bonds. The highest BCUT2D eigenvalue weighted by atomic mass is 16.4. The van der Waals surface area contributed by atoms with Gasteiger partial charge in [-0.3, -0.25) is 14.6 Å². The molecular weight excluding hydrogens is 316 g/mol. The number of nitrogens with one attached hydrogen (secondary N) is 1. The van der Waals surface area contributed by atoms with Gasteiger partial charge in [-0.1, -0.05) is 0 Å². The van der Waals surface area contributed by atoms with E-state index in [0.29, 0.717) is 25.8 Å². The van der Waals surface area contributed by atoms with E-state index in [1.165, 1.54) is 4.90 Å². The summed E-state index contributed by atoms with van der Waals surface area (Å²) in [4.78, 5) is 40.9. The first-order valence-corrected chi connectivity index (χ1v) is 7.88. The number of carboxylic acids is 1. The maximum absolute atomic E-state index is 12.4. The number of aliphatic imine (C=N–C) groups is 1. The van der Waals surface area contributed by atoms with Gasteiger partial charge in [0.1, 0.15) is 12.1 Å². The number of carboxylic acid groups (broad SMARTS) is 1. The molecule has 0 saturated carbocycles. The molecule has 24 heavy (non-hydrogen) atoms. The Balaban J connectivity index is 2.62. The molecular formula is C14H26N6O4. The third-order valence-corrected chi connectivity index (χ3v) is 3.79. The summed E-state index contributed by atoms with van der Waals surface area (Å²) in [5, 5.41) is 11.7. The average Bonchev–Trinajstić information content (AvgIpc) is 2.98. The van der Waals surface area contributed by atoms with Crippen LogP contribution in [0, 0.1) is 0 Å². The summed E-state index contributed by atoms with van der Waals surface area (Å²) < 4.78 is 0. The van der Waals surface area contributed by atoms with Crippen LogP contribution in [0.4, 0.5) is 0 Å². The fraction of sp³-hybridized carbons (Fsp3) is 0.714. The summed E-state index contributed by atoms with van der Waals surface area (Å²) in [6.45, 7) is 2.28. The molecule has 3 unspecified atom stereocenters. The lowest BCUT2D eigenvalue weighted by Gasteiger charge is -2.26. The van der Waals surface area contributed by atoms with Gasteiger partial charge in [0.05, 0.1) is 6.04 Å². The van der Waals surface area contributed by atoms with E-state index in [2.05, 4.69) is 10.3 Å². The molecule has 0 aromatic carbocycles. The Morgan fingerprint density at radius 2 is 2.04 bits per heavy atom. The van der Waals surface area contributed by atoms with Crippen LogP contribution in [0.3, 0.4) is 0 Å². The summed E-state index contributed by atoms with van der Waals surface area (Å²) in [6, 6.07) is -2.43. The zero-order valence-corrected chi connectivity index (χ0v) is 13.8. The van der Waals surface area contributed by atoms with E-state index in [4.69, 9.17) is 17.2 Å². The molecule has 1 rings (SSSR count). The highest BCUT2D eigenvalue weighted by molar-refractivity contribution is 5.92. The number of amides is 2. The second-order valence-corrected chi connectivity index (χ2v) is 5.83. The average molecular weight is 342 g/mol. The van der Waals surface area contributed by atoms with Crippen LogP contribution >= 0.6 is 0 Å². The van der Waals surface area contributed by atoms with Gasteiger partial charge in [0.25, 0.3) is 0 Å². The van der Waals surface area contributed by atoms with Crippen molar-refractivity contribution in [3.8, 4) is 0 Å². The minimum Gasteiger partial charge on any atom is -0.480 e. The number of nitrogens with zero attached hydrogens (tertiary/aromatic N) is 2. The summed E-state index contributed by atoms with van der Waals surface area (Å²) in [7, 11) is 0.